The van der Waals surface area contributed by atoms with Crippen LogP contribution in [0.2, 0.25) is 0 Å². The van der Waals surface area contributed by atoms with E-state index in [1.807, 2.05) is 19.9 Å². The maximum absolute atomic E-state index is 7.77. The highest BCUT2D eigenvalue weighted by Crippen LogP contribution is 2.24. The molecule has 8 heteroatoms. The van der Waals surface area contributed by atoms with Crippen molar-refractivity contribution in [3.63, 3.8) is 0 Å². The molecule has 0 amide bonds. The first-order chi connectivity index (χ1) is 12.6. The molecule has 1 saturated heterocycles. The number of aromatic amines is 1. The van der Waals surface area contributed by atoms with Gasteiger partial charge < -0.3 is 30.5 Å². The molecule has 1 aliphatic rings. The third-order valence-corrected chi connectivity index (χ3v) is 4.50. The molecule has 4 N–H and O–H groups in total. The molecule has 1 aliphatic heterocycles. The lowest BCUT2D eigenvalue weighted by Crippen LogP contribution is -2.41. The van der Waals surface area contributed by atoms with Gasteiger partial charge >= 0.3 is 0 Å². The number of anilines is 1. The van der Waals surface area contributed by atoms with E-state index in [2.05, 4.69) is 32.5 Å². The number of nitrogens with one attached hydrogen (secondary N) is 4. The second-order valence-electron chi connectivity index (χ2n) is 6.43. The van der Waals surface area contributed by atoms with E-state index < -0.39 is 0 Å². The number of allylic oxidation sites excluding steroid dienone is 2. The van der Waals surface area contributed by atoms with Crippen molar-refractivity contribution in [3.8, 4) is 5.88 Å². The first-order valence-corrected chi connectivity index (χ1v) is 8.93. The van der Waals surface area contributed by atoms with Crippen molar-refractivity contribution in [2.24, 2.45) is 5.92 Å². The van der Waals surface area contributed by atoms with Crippen LogP contribution in [0.25, 0.3) is 11.0 Å². The van der Waals surface area contributed by atoms with E-state index in [1.54, 1.807) is 6.20 Å². The molecule has 0 radical (unpaired) electrons. The Labute approximate surface area is 152 Å². The minimum Gasteiger partial charge on any atom is -0.477 e. The summed E-state index contributed by atoms with van der Waals surface area (Å²) in [6, 6.07) is 2.21. The first-order valence-electron chi connectivity index (χ1n) is 8.93. The van der Waals surface area contributed by atoms with Crippen LogP contribution in [0, 0.1) is 11.3 Å². The van der Waals surface area contributed by atoms with Crippen molar-refractivity contribution in [1.29, 1.82) is 5.41 Å². The Morgan fingerprint density at radius 2 is 2.35 bits per heavy atom. The zero-order chi connectivity index (χ0) is 18.5. The van der Waals surface area contributed by atoms with E-state index in [1.165, 1.54) is 6.21 Å². The van der Waals surface area contributed by atoms with E-state index in [0.717, 1.165) is 30.7 Å². The number of nitrogens with zero attached hydrogens (tertiary/aromatic N) is 2. The summed E-state index contributed by atoms with van der Waals surface area (Å²) in [5.74, 6) is 1.33. The Kier molecular flexibility index (Phi) is 5.72. The lowest BCUT2D eigenvalue weighted by atomic mass is 9.97. The molecule has 2 aromatic rings. The van der Waals surface area contributed by atoms with Crippen molar-refractivity contribution in [2.45, 2.75) is 33.2 Å². The zero-order valence-electron chi connectivity index (χ0n) is 15.4. The van der Waals surface area contributed by atoms with Gasteiger partial charge in [-0.1, -0.05) is 6.92 Å². The molecule has 0 bridgehead atoms. The SMILES string of the molecule is CCOc1nc(N/C(C=N)=C(\C)NC2CCOCC2C)nc2[nH]ccc12. The summed E-state index contributed by atoms with van der Waals surface area (Å²) in [6.07, 6.45) is 4.02. The minimum absolute atomic E-state index is 0.325. The average molecular weight is 358 g/mol. The summed E-state index contributed by atoms with van der Waals surface area (Å²) in [4.78, 5) is 12.0. The van der Waals surface area contributed by atoms with Gasteiger partial charge in [-0.2, -0.15) is 9.97 Å². The van der Waals surface area contributed by atoms with Crippen molar-refractivity contribution in [1.82, 2.24) is 20.3 Å². The lowest BCUT2D eigenvalue weighted by molar-refractivity contribution is 0.0417. The van der Waals surface area contributed by atoms with Crippen LogP contribution in [0.3, 0.4) is 0 Å². The van der Waals surface area contributed by atoms with Crippen LogP contribution >= 0.6 is 0 Å². The number of H-pyrrole nitrogens is 1. The zero-order valence-corrected chi connectivity index (χ0v) is 15.4. The van der Waals surface area contributed by atoms with Gasteiger partial charge in [0.25, 0.3) is 0 Å². The summed E-state index contributed by atoms with van der Waals surface area (Å²) in [7, 11) is 0. The summed E-state index contributed by atoms with van der Waals surface area (Å²) in [5, 5.41) is 15.2. The fourth-order valence-electron chi connectivity index (χ4n) is 3.02. The van der Waals surface area contributed by atoms with Gasteiger partial charge in [0.2, 0.25) is 11.8 Å². The standard InChI is InChI=1S/C18H26N6O2/c1-4-26-17-13-5-7-20-16(13)23-18(24-17)22-15(9-19)12(3)21-14-6-8-25-10-11(14)2/h5,7,9,11,14,19,21H,4,6,8,10H2,1-3H3,(H2,20,22,23,24)/b15-12+,19-9?. The van der Waals surface area contributed by atoms with Gasteiger partial charge in [0.1, 0.15) is 5.65 Å². The number of hydrogen-bond acceptors (Lipinski definition) is 7. The summed E-state index contributed by atoms with van der Waals surface area (Å²) < 4.78 is 11.1. The van der Waals surface area contributed by atoms with E-state index in [0.29, 0.717) is 41.7 Å². The highest BCUT2D eigenvalue weighted by atomic mass is 16.5. The monoisotopic (exact) mass is 358 g/mol. The van der Waals surface area contributed by atoms with Gasteiger partial charge in [0, 0.05) is 30.8 Å². The number of fused-ring (bicyclic) bond motifs is 1. The van der Waals surface area contributed by atoms with E-state index in [-0.39, 0.29) is 0 Å². The molecule has 2 atom stereocenters. The number of ether oxygens (including phenoxy) is 2. The summed E-state index contributed by atoms with van der Waals surface area (Å²) in [6.45, 7) is 8.06. The number of aromatic nitrogens is 3. The third-order valence-electron chi connectivity index (χ3n) is 4.50. The largest absolute Gasteiger partial charge is 0.477 e. The van der Waals surface area contributed by atoms with Gasteiger partial charge in [-0.25, -0.2) is 0 Å². The van der Waals surface area contributed by atoms with Crippen molar-refractivity contribution in [2.75, 3.05) is 25.1 Å². The molecule has 0 saturated carbocycles. The van der Waals surface area contributed by atoms with Crippen molar-refractivity contribution < 1.29 is 9.47 Å². The second-order valence-corrected chi connectivity index (χ2v) is 6.43. The van der Waals surface area contributed by atoms with E-state index in [9.17, 15) is 0 Å². The van der Waals surface area contributed by atoms with Crippen LogP contribution in [-0.4, -0.2) is 47.0 Å². The molecule has 3 rings (SSSR count). The molecule has 0 aromatic carbocycles. The van der Waals surface area contributed by atoms with E-state index >= 15 is 0 Å². The van der Waals surface area contributed by atoms with Crippen LogP contribution < -0.4 is 15.4 Å². The minimum atomic E-state index is 0.325. The Hall–Kier alpha value is -2.61. The molecule has 2 unspecified atom stereocenters. The van der Waals surface area contributed by atoms with Crippen molar-refractivity contribution in [3.05, 3.63) is 23.7 Å². The molecular weight excluding hydrogens is 332 g/mol. The first kappa shape index (κ1) is 18.2. The topological polar surface area (TPSA) is 108 Å². The molecule has 0 spiro atoms. The van der Waals surface area contributed by atoms with Gasteiger partial charge in [0.15, 0.2) is 0 Å². The van der Waals surface area contributed by atoms with Crippen LogP contribution in [0.15, 0.2) is 23.7 Å². The highest BCUT2D eigenvalue weighted by molar-refractivity contribution is 5.84. The maximum atomic E-state index is 7.77. The highest BCUT2D eigenvalue weighted by Gasteiger charge is 2.22. The quantitative estimate of drug-likeness (QED) is 0.567. The van der Waals surface area contributed by atoms with Gasteiger partial charge in [-0.15, -0.1) is 0 Å². The van der Waals surface area contributed by atoms with E-state index in [4.69, 9.17) is 14.9 Å². The molecule has 26 heavy (non-hydrogen) atoms. The molecule has 8 nitrogen and oxygen atoms in total. The van der Waals surface area contributed by atoms with Crippen LogP contribution in [0.5, 0.6) is 5.88 Å². The van der Waals surface area contributed by atoms with Gasteiger partial charge in [-0.3, -0.25) is 0 Å². The second kappa shape index (κ2) is 8.18. The lowest BCUT2D eigenvalue weighted by Gasteiger charge is -2.31. The molecule has 2 aromatic heterocycles. The normalized spacial score (nSPS) is 21.2. The van der Waals surface area contributed by atoms with Gasteiger partial charge in [-0.05, 0) is 32.3 Å². The molecule has 1 fully saturated rings. The number of hydrogen-bond donors (Lipinski definition) is 4. The summed E-state index contributed by atoms with van der Waals surface area (Å²) in [5.41, 5.74) is 2.20. The fraction of sp³-hybridized carbons (Fsp3) is 0.500. The van der Waals surface area contributed by atoms with Crippen LogP contribution in [0.1, 0.15) is 27.2 Å². The van der Waals surface area contributed by atoms with Crippen LogP contribution in [-0.2, 0) is 4.74 Å². The predicted molar refractivity (Wildman–Crippen MR) is 102 cm³/mol. The Morgan fingerprint density at radius 1 is 1.50 bits per heavy atom. The summed E-state index contributed by atoms with van der Waals surface area (Å²) >= 11 is 0. The molecule has 0 aliphatic carbocycles. The maximum Gasteiger partial charge on any atom is 0.232 e. The molecule has 3 heterocycles. The van der Waals surface area contributed by atoms with Crippen molar-refractivity contribution >= 4 is 23.2 Å². The smallest absolute Gasteiger partial charge is 0.232 e. The third kappa shape index (κ3) is 3.96. The predicted octanol–water partition coefficient (Wildman–Crippen LogP) is 2.66. The number of rotatable bonds is 7. The van der Waals surface area contributed by atoms with Gasteiger partial charge in [0.05, 0.1) is 24.3 Å². The molecule has 140 valence electrons. The van der Waals surface area contributed by atoms with Crippen LogP contribution in [0.4, 0.5) is 5.95 Å². The fourth-order valence-corrected chi connectivity index (χ4v) is 3.02. The average Bonchev–Trinajstić information content (AvgIpc) is 3.10. The Bertz CT molecular complexity index is 800. The Morgan fingerprint density at radius 3 is 3.08 bits per heavy atom. The molecular formula is C18H26N6O2. The Balaban J connectivity index is 1.82.